The molecule has 10 heteroatoms. The van der Waals surface area contributed by atoms with E-state index in [1.807, 2.05) is 0 Å². The van der Waals surface area contributed by atoms with Crippen LogP contribution in [-0.2, 0) is 4.74 Å². The molecule has 1 aliphatic carbocycles. The van der Waals surface area contributed by atoms with Crippen molar-refractivity contribution in [2.75, 3.05) is 6.61 Å². The molecule has 10 nitrogen and oxygen atoms in total. The first-order valence-corrected chi connectivity index (χ1v) is 10.7. The first kappa shape index (κ1) is 22.8. The van der Waals surface area contributed by atoms with Crippen molar-refractivity contribution < 1.29 is 44.2 Å². The third-order valence-electron chi connectivity index (χ3n) is 6.16. The molecule has 32 heavy (non-hydrogen) atoms. The van der Waals surface area contributed by atoms with Gasteiger partial charge < -0.3 is 44.2 Å². The lowest BCUT2D eigenvalue weighted by molar-refractivity contribution is -0.277. The average molecular weight is 452 g/mol. The van der Waals surface area contributed by atoms with Crippen molar-refractivity contribution >= 4 is 11.0 Å². The number of aliphatic hydroxyl groups is 4. The maximum atomic E-state index is 12.2. The second-order valence-corrected chi connectivity index (χ2v) is 8.54. The molecule has 1 aromatic heterocycles. The Bertz CT molecular complexity index is 994. The summed E-state index contributed by atoms with van der Waals surface area (Å²) < 4.78 is 22.1. The maximum absolute atomic E-state index is 12.2. The molecule has 176 valence electrons. The number of hydrogen-bond acceptors (Lipinski definition) is 10. The van der Waals surface area contributed by atoms with Gasteiger partial charge in [-0.05, 0) is 43.7 Å². The predicted molar refractivity (Wildman–Crippen MR) is 111 cm³/mol. The highest BCUT2D eigenvalue weighted by atomic mass is 16.7. The molecule has 2 aliphatic rings. The van der Waals surface area contributed by atoms with Crippen molar-refractivity contribution in [3.8, 4) is 17.2 Å². The Morgan fingerprint density at radius 1 is 1.03 bits per heavy atom. The van der Waals surface area contributed by atoms with Crippen LogP contribution in [0.25, 0.3) is 11.0 Å². The van der Waals surface area contributed by atoms with E-state index in [2.05, 4.69) is 6.92 Å². The van der Waals surface area contributed by atoms with Crippen LogP contribution in [0.2, 0.25) is 0 Å². The fourth-order valence-electron chi connectivity index (χ4n) is 4.15. The Labute approximate surface area is 183 Å². The zero-order valence-corrected chi connectivity index (χ0v) is 17.6. The van der Waals surface area contributed by atoms with E-state index in [0.717, 1.165) is 25.7 Å². The van der Waals surface area contributed by atoms with E-state index >= 15 is 0 Å². The van der Waals surface area contributed by atoms with E-state index in [0.29, 0.717) is 11.3 Å². The van der Waals surface area contributed by atoms with Gasteiger partial charge in [-0.25, -0.2) is 4.79 Å². The lowest BCUT2D eigenvalue weighted by Gasteiger charge is -2.39. The lowest BCUT2D eigenvalue weighted by Crippen LogP contribution is -2.60. The van der Waals surface area contributed by atoms with Gasteiger partial charge >= 0.3 is 5.63 Å². The smallest absolute Gasteiger partial charge is 0.382 e. The second kappa shape index (κ2) is 9.24. The van der Waals surface area contributed by atoms with Crippen LogP contribution in [0.4, 0.5) is 0 Å². The van der Waals surface area contributed by atoms with Gasteiger partial charge in [0.05, 0.1) is 18.1 Å². The quantitative estimate of drug-likeness (QED) is 0.407. The fourth-order valence-corrected chi connectivity index (χ4v) is 4.15. The lowest BCUT2D eigenvalue weighted by atomic mass is 9.89. The summed E-state index contributed by atoms with van der Waals surface area (Å²) in [7, 11) is 0. The standard InChI is InChI=1S/C22H28O10/c1-10-2-4-11(5-3-10)29-20-13-7-6-12(8-14(13)31-21(28)19(20)27)30-22-18(26)17(25)16(24)15(9-23)32-22/h6-8,10-11,15-18,22-27H,2-5,9H2,1H3/t10-,11-,15-,16-,17+,18-,22-/m1/s1. The number of benzene rings is 1. The highest BCUT2D eigenvalue weighted by Gasteiger charge is 2.44. The first-order chi connectivity index (χ1) is 15.3. The molecule has 1 aliphatic heterocycles. The van der Waals surface area contributed by atoms with Gasteiger partial charge in [0.15, 0.2) is 5.75 Å². The van der Waals surface area contributed by atoms with E-state index < -0.39 is 48.7 Å². The molecule has 4 rings (SSSR count). The van der Waals surface area contributed by atoms with Crippen LogP contribution in [0.1, 0.15) is 32.6 Å². The highest BCUT2D eigenvalue weighted by molar-refractivity contribution is 5.86. The Balaban J connectivity index is 1.59. The van der Waals surface area contributed by atoms with Crippen LogP contribution < -0.4 is 15.1 Å². The minimum Gasteiger partial charge on any atom is -0.499 e. The monoisotopic (exact) mass is 452 g/mol. The molecule has 0 bridgehead atoms. The summed E-state index contributed by atoms with van der Waals surface area (Å²) in [5.74, 6) is 0.199. The molecular formula is C22H28O10. The van der Waals surface area contributed by atoms with E-state index in [1.165, 1.54) is 18.2 Å². The Morgan fingerprint density at radius 3 is 2.44 bits per heavy atom. The van der Waals surface area contributed by atoms with Gasteiger partial charge in [0.25, 0.3) is 0 Å². The molecule has 2 heterocycles. The molecule has 5 atom stereocenters. The van der Waals surface area contributed by atoms with Crippen LogP contribution in [-0.4, -0.2) is 68.9 Å². The SMILES string of the molecule is C[C@H]1CC[C@H](Oc2c(O)c(=O)oc3cc(O[C@@H]4O[C@H](CO)[C@@H](O)[C@H](O)[C@H]4O)ccc23)CC1. The largest absolute Gasteiger partial charge is 0.499 e. The first-order valence-electron chi connectivity index (χ1n) is 10.7. The van der Waals surface area contributed by atoms with Gasteiger partial charge in [0.1, 0.15) is 35.7 Å². The van der Waals surface area contributed by atoms with Gasteiger partial charge in [0.2, 0.25) is 12.0 Å². The number of aromatic hydroxyl groups is 1. The van der Waals surface area contributed by atoms with Crippen LogP contribution >= 0.6 is 0 Å². The Hall–Kier alpha value is -2.37. The highest BCUT2D eigenvalue weighted by Crippen LogP contribution is 2.37. The molecular weight excluding hydrogens is 424 g/mol. The predicted octanol–water partition coefficient (Wildman–Crippen LogP) is 0.635. The van der Waals surface area contributed by atoms with Crippen LogP contribution in [0.15, 0.2) is 27.4 Å². The summed E-state index contributed by atoms with van der Waals surface area (Å²) in [6.07, 6.45) is -3.64. The van der Waals surface area contributed by atoms with Gasteiger partial charge in [-0.15, -0.1) is 0 Å². The Kier molecular flexibility index (Phi) is 6.59. The number of aliphatic hydroxyl groups excluding tert-OH is 4. The molecule has 2 fully saturated rings. The van der Waals surface area contributed by atoms with E-state index in [9.17, 15) is 30.3 Å². The van der Waals surface area contributed by atoms with Gasteiger partial charge in [-0.1, -0.05) is 6.92 Å². The third kappa shape index (κ3) is 4.41. The summed E-state index contributed by atoms with van der Waals surface area (Å²) in [6, 6.07) is 4.41. The van der Waals surface area contributed by atoms with Crippen molar-refractivity contribution in [2.24, 2.45) is 5.92 Å². The molecule has 0 amide bonds. The van der Waals surface area contributed by atoms with Gasteiger partial charge in [-0.2, -0.15) is 0 Å². The van der Waals surface area contributed by atoms with E-state index in [-0.39, 0.29) is 23.2 Å². The number of hydrogen-bond donors (Lipinski definition) is 5. The molecule has 5 N–H and O–H groups in total. The van der Waals surface area contributed by atoms with Gasteiger partial charge in [0, 0.05) is 6.07 Å². The molecule has 1 aromatic carbocycles. The summed E-state index contributed by atoms with van der Waals surface area (Å²) in [5.41, 5.74) is -0.865. The minimum atomic E-state index is -1.58. The fraction of sp³-hybridized carbons (Fsp3) is 0.591. The number of fused-ring (bicyclic) bond motifs is 1. The molecule has 0 spiro atoms. The average Bonchev–Trinajstić information content (AvgIpc) is 2.78. The summed E-state index contributed by atoms with van der Waals surface area (Å²) in [5, 5.41) is 49.9. The number of rotatable bonds is 5. The van der Waals surface area contributed by atoms with E-state index in [1.54, 1.807) is 0 Å². The normalized spacial score (nSPS) is 33.2. The zero-order valence-electron chi connectivity index (χ0n) is 17.6. The van der Waals surface area contributed by atoms with E-state index in [4.69, 9.17) is 18.6 Å². The van der Waals surface area contributed by atoms with Gasteiger partial charge in [-0.3, -0.25) is 0 Å². The zero-order chi connectivity index (χ0) is 23.0. The third-order valence-corrected chi connectivity index (χ3v) is 6.16. The molecule has 0 unspecified atom stereocenters. The van der Waals surface area contributed by atoms with Crippen molar-refractivity contribution in [1.29, 1.82) is 0 Å². The second-order valence-electron chi connectivity index (χ2n) is 8.54. The molecule has 2 aromatic rings. The van der Waals surface area contributed by atoms with Crippen LogP contribution in [0.3, 0.4) is 0 Å². The van der Waals surface area contributed by atoms with Crippen molar-refractivity contribution in [3.63, 3.8) is 0 Å². The molecule has 0 radical (unpaired) electrons. The van der Waals surface area contributed by atoms with Crippen LogP contribution in [0, 0.1) is 5.92 Å². The topological polar surface area (TPSA) is 159 Å². The van der Waals surface area contributed by atoms with Crippen molar-refractivity contribution in [2.45, 2.75) is 69.4 Å². The van der Waals surface area contributed by atoms with Crippen molar-refractivity contribution in [3.05, 3.63) is 28.6 Å². The maximum Gasteiger partial charge on any atom is 0.382 e. The number of ether oxygens (including phenoxy) is 3. The molecule has 1 saturated heterocycles. The molecule has 1 saturated carbocycles. The van der Waals surface area contributed by atoms with Crippen LogP contribution in [0.5, 0.6) is 17.2 Å². The summed E-state index contributed by atoms with van der Waals surface area (Å²) in [4.78, 5) is 12.2. The minimum absolute atomic E-state index is 0.0511. The Morgan fingerprint density at radius 2 is 1.75 bits per heavy atom. The summed E-state index contributed by atoms with van der Waals surface area (Å²) >= 11 is 0. The van der Waals surface area contributed by atoms with Crippen molar-refractivity contribution in [1.82, 2.24) is 0 Å². The summed E-state index contributed by atoms with van der Waals surface area (Å²) in [6.45, 7) is 1.59.